The molecular formula is C13H8F3N3OS. The van der Waals surface area contributed by atoms with Crippen molar-refractivity contribution in [3.63, 3.8) is 0 Å². The minimum absolute atomic E-state index is 0.0777. The second-order valence-corrected chi connectivity index (χ2v) is 5.14. The summed E-state index contributed by atoms with van der Waals surface area (Å²) < 4.78 is 43.6. The van der Waals surface area contributed by atoms with Crippen molar-refractivity contribution < 1.29 is 17.6 Å². The van der Waals surface area contributed by atoms with Gasteiger partial charge in [-0.15, -0.1) is 0 Å². The molecule has 0 aliphatic rings. The van der Waals surface area contributed by atoms with Gasteiger partial charge in [-0.3, -0.25) is 0 Å². The average Bonchev–Trinajstić information content (AvgIpc) is 2.79. The third-order valence-corrected chi connectivity index (χ3v) is 3.38. The van der Waals surface area contributed by atoms with Crippen LogP contribution in [0.3, 0.4) is 0 Å². The second kappa shape index (κ2) is 4.96. The lowest BCUT2D eigenvalue weighted by Crippen LogP contribution is -2.07. The van der Waals surface area contributed by atoms with Crippen molar-refractivity contribution in [3.05, 3.63) is 42.0 Å². The van der Waals surface area contributed by atoms with E-state index < -0.39 is 11.7 Å². The van der Waals surface area contributed by atoms with E-state index in [0.29, 0.717) is 11.1 Å². The van der Waals surface area contributed by atoms with E-state index in [1.807, 2.05) is 0 Å². The summed E-state index contributed by atoms with van der Waals surface area (Å²) >= 11 is 0.889. The maximum absolute atomic E-state index is 12.7. The summed E-state index contributed by atoms with van der Waals surface area (Å²) in [5, 5.41) is 0.288. The Hall–Kier alpha value is -2.22. The molecule has 108 valence electrons. The molecule has 3 rings (SSSR count). The molecule has 1 aromatic carbocycles. The topological polar surface area (TPSA) is 64.9 Å². The largest absolute Gasteiger partial charge is 0.431 e. The van der Waals surface area contributed by atoms with Crippen LogP contribution in [-0.2, 0) is 6.18 Å². The number of pyridine rings is 1. The Kier molecular flexibility index (Phi) is 3.25. The summed E-state index contributed by atoms with van der Waals surface area (Å²) in [4.78, 5) is 8.02. The molecule has 0 radical (unpaired) electrons. The number of para-hydroxylation sites is 2. The molecule has 21 heavy (non-hydrogen) atoms. The number of rotatable bonds is 2. The number of alkyl halides is 3. The minimum Gasteiger partial charge on any atom is -0.431 e. The molecule has 4 nitrogen and oxygen atoms in total. The highest BCUT2D eigenvalue weighted by atomic mass is 32.2. The number of hydrogen-bond donors (Lipinski definition) is 1. The first-order chi connectivity index (χ1) is 9.91. The highest BCUT2D eigenvalue weighted by molar-refractivity contribution is 7.99. The Bertz CT molecular complexity index is 768. The number of fused-ring (bicyclic) bond motifs is 1. The third-order valence-electron chi connectivity index (χ3n) is 2.62. The van der Waals surface area contributed by atoms with Crippen molar-refractivity contribution in [1.29, 1.82) is 0 Å². The van der Waals surface area contributed by atoms with Crippen LogP contribution < -0.4 is 5.73 Å². The molecule has 0 saturated heterocycles. The average molecular weight is 311 g/mol. The van der Waals surface area contributed by atoms with Gasteiger partial charge in [0, 0.05) is 0 Å². The van der Waals surface area contributed by atoms with Gasteiger partial charge in [0.25, 0.3) is 5.22 Å². The van der Waals surface area contributed by atoms with Crippen LogP contribution in [0.5, 0.6) is 0 Å². The summed E-state index contributed by atoms with van der Waals surface area (Å²) in [7, 11) is 0. The lowest BCUT2D eigenvalue weighted by molar-refractivity contribution is -0.137. The quantitative estimate of drug-likeness (QED) is 0.775. The van der Waals surface area contributed by atoms with Crippen molar-refractivity contribution in [2.75, 3.05) is 5.73 Å². The molecule has 0 bridgehead atoms. The van der Waals surface area contributed by atoms with Crippen molar-refractivity contribution in [3.8, 4) is 0 Å². The smallest absolute Gasteiger partial charge is 0.416 e. The molecule has 2 N–H and O–H groups in total. The van der Waals surface area contributed by atoms with Crippen LogP contribution in [-0.4, -0.2) is 9.97 Å². The van der Waals surface area contributed by atoms with Crippen LogP contribution in [0.1, 0.15) is 5.56 Å². The van der Waals surface area contributed by atoms with Crippen LogP contribution in [0, 0.1) is 0 Å². The predicted octanol–water partition coefficient (Wildman–Crippen LogP) is 3.98. The van der Waals surface area contributed by atoms with Gasteiger partial charge in [0.05, 0.1) is 5.56 Å². The minimum atomic E-state index is -4.48. The number of oxazole rings is 1. The zero-order valence-corrected chi connectivity index (χ0v) is 11.2. The first kappa shape index (κ1) is 13.7. The lowest BCUT2D eigenvalue weighted by atomic mass is 10.2. The second-order valence-electron chi connectivity index (χ2n) is 4.17. The van der Waals surface area contributed by atoms with E-state index in [0.717, 1.165) is 23.9 Å². The summed E-state index contributed by atoms with van der Waals surface area (Å²) in [6.45, 7) is 0. The van der Waals surface area contributed by atoms with Gasteiger partial charge >= 0.3 is 6.18 Å². The van der Waals surface area contributed by atoms with Crippen LogP contribution in [0.15, 0.2) is 51.1 Å². The van der Waals surface area contributed by atoms with Gasteiger partial charge in [-0.2, -0.15) is 13.2 Å². The fraction of sp³-hybridized carbons (Fsp3) is 0.0769. The van der Waals surface area contributed by atoms with E-state index in [2.05, 4.69) is 9.97 Å². The first-order valence-corrected chi connectivity index (χ1v) is 6.62. The zero-order valence-electron chi connectivity index (χ0n) is 10.4. The van der Waals surface area contributed by atoms with E-state index in [1.54, 1.807) is 24.3 Å². The molecule has 0 atom stereocenters. The molecule has 0 aliphatic carbocycles. The van der Waals surface area contributed by atoms with E-state index in [4.69, 9.17) is 10.2 Å². The highest BCUT2D eigenvalue weighted by Crippen LogP contribution is 2.35. The normalized spacial score (nSPS) is 12.0. The van der Waals surface area contributed by atoms with Crippen LogP contribution in [0.2, 0.25) is 0 Å². The van der Waals surface area contributed by atoms with E-state index >= 15 is 0 Å². The monoisotopic (exact) mass is 311 g/mol. The van der Waals surface area contributed by atoms with Gasteiger partial charge in [0.15, 0.2) is 5.58 Å². The summed E-state index contributed by atoms with van der Waals surface area (Å²) in [6.07, 6.45) is -4.48. The van der Waals surface area contributed by atoms with E-state index in [9.17, 15) is 13.2 Å². The Morgan fingerprint density at radius 2 is 1.86 bits per heavy atom. The molecule has 8 heteroatoms. The van der Waals surface area contributed by atoms with Crippen molar-refractivity contribution in [2.24, 2.45) is 0 Å². The molecule has 3 aromatic rings. The highest BCUT2D eigenvalue weighted by Gasteiger charge is 2.31. The molecule has 0 spiro atoms. The van der Waals surface area contributed by atoms with Crippen molar-refractivity contribution in [1.82, 2.24) is 9.97 Å². The Labute approximate surface area is 121 Å². The number of aromatic nitrogens is 2. The number of nitrogens with zero attached hydrogens (tertiary/aromatic N) is 2. The zero-order chi connectivity index (χ0) is 15.0. The third kappa shape index (κ3) is 2.94. The van der Waals surface area contributed by atoms with Gasteiger partial charge in [-0.1, -0.05) is 12.1 Å². The molecule has 2 heterocycles. The Morgan fingerprint density at radius 1 is 1.10 bits per heavy atom. The van der Waals surface area contributed by atoms with Crippen molar-refractivity contribution >= 4 is 28.7 Å². The number of anilines is 1. The molecule has 2 aromatic heterocycles. The maximum Gasteiger partial charge on any atom is 0.416 e. The fourth-order valence-electron chi connectivity index (χ4n) is 1.73. The van der Waals surface area contributed by atoms with Gasteiger partial charge < -0.3 is 10.2 Å². The number of nitrogen functional groups attached to an aromatic ring is 1. The fourth-order valence-corrected chi connectivity index (χ4v) is 2.52. The Balaban J connectivity index is 1.95. The maximum atomic E-state index is 12.7. The molecule has 0 aliphatic heterocycles. The van der Waals surface area contributed by atoms with E-state index in [1.165, 1.54) is 0 Å². The van der Waals surface area contributed by atoms with Crippen LogP contribution in [0.4, 0.5) is 19.0 Å². The molecular weight excluding hydrogens is 303 g/mol. The molecule has 0 amide bonds. The van der Waals surface area contributed by atoms with Crippen LogP contribution >= 0.6 is 11.8 Å². The SMILES string of the molecule is Nc1cc(C(F)(F)F)cc(Sc2nc3ccccc3o2)n1. The van der Waals surface area contributed by atoms with Crippen LogP contribution in [0.25, 0.3) is 11.1 Å². The lowest BCUT2D eigenvalue weighted by Gasteiger charge is -2.08. The number of nitrogens with two attached hydrogens (primary N) is 1. The molecule has 0 saturated carbocycles. The molecule has 0 unspecified atom stereocenters. The first-order valence-electron chi connectivity index (χ1n) is 5.80. The predicted molar refractivity (Wildman–Crippen MR) is 71.8 cm³/mol. The summed E-state index contributed by atoms with van der Waals surface area (Å²) in [5.41, 5.74) is 5.74. The van der Waals surface area contributed by atoms with E-state index in [-0.39, 0.29) is 16.1 Å². The van der Waals surface area contributed by atoms with Gasteiger partial charge in [-0.25, -0.2) is 9.97 Å². The Morgan fingerprint density at radius 3 is 2.57 bits per heavy atom. The summed E-state index contributed by atoms with van der Waals surface area (Å²) in [6, 6.07) is 8.74. The van der Waals surface area contributed by atoms with Gasteiger partial charge in [0.1, 0.15) is 16.4 Å². The van der Waals surface area contributed by atoms with Gasteiger partial charge in [-0.05, 0) is 36.0 Å². The number of halogens is 3. The number of hydrogen-bond acceptors (Lipinski definition) is 5. The van der Waals surface area contributed by atoms with Gasteiger partial charge in [0.2, 0.25) is 0 Å². The summed E-state index contributed by atoms with van der Waals surface area (Å²) in [5.74, 6) is -0.205. The standard InChI is InChI=1S/C13H8F3N3OS/c14-13(15,16)7-5-10(17)19-11(6-7)21-12-18-8-3-1-2-4-9(8)20-12/h1-6H,(H2,17,19). The van der Waals surface area contributed by atoms with Crippen molar-refractivity contribution in [2.45, 2.75) is 16.4 Å². The molecule has 0 fully saturated rings. The number of benzene rings is 1.